The highest BCUT2D eigenvalue weighted by atomic mass is 127. The Bertz CT molecular complexity index is 2320. The Hall–Kier alpha value is -3.38. The molecular weight excluding hydrogens is 874 g/mol. The molecule has 0 aliphatic heterocycles. The Morgan fingerprint density at radius 3 is 1.57 bits per heavy atom. The maximum atomic E-state index is 13.0. The highest BCUT2D eigenvalue weighted by Crippen LogP contribution is 2.37. The lowest BCUT2D eigenvalue weighted by Crippen LogP contribution is -2.09. The van der Waals surface area contributed by atoms with Crippen LogP contribution in [0.5, 0.6) is 0 Å². The number of hydrogen-bond donors (Lipinski definition) is 0. The largest absolute Gasteiger partial charge is 0.433 e. The van der Waals surface area contributed by atoms with E-state index in [-0.39, 0.29) is 31.1 Å². The molecule has 0 aliphatic carbocycles. The average molecular weight is 897 g/mol. The van der Waals surface area contributed by atoms with Crippen LogP contribution < -0.4 is 0 Å². The van der Waals surface area contributed by atoms with Gasteiger partial charge in [-0.2, -0.15) is 31.6 Å². The van der Waals surface area contributed by atoms with Crippen molar-refractivity contribution in [3.63, 3.8) is 0 Å². The summed E-state index contributed by atoms with van der Waals surface area (Å²) >= 11 is 16.9. The summed E-state index contributed by atoms with van der Waals surface area (Å²) in [5.41, 5.74) is -0.494. The number of nitriles is 1. The molecule has 0 bridgehead atoms. The van der Waals surface area contributed by atoms with Crippen molar-refractivity contribution in [3.8, 4) is 29.1 Å². The first-order valence-electron chi connectivity index (χ1n) is 14.5. The molecule has 266 valence electrons. The van der Waals surface area contributed by atoms with E-state index >= 15 is 0 Å². The highest BCUT2D eigenvalue weighted by Gasteiger charge is 2.35. The van der Waals surface area contributed by atoms with Gasteiger partial charge in [-0.05, 0) is 70.5 Å². The van der Waals surface area contributed by atoms with Crippen LogP contribution in [0.15, 0.2) is 46.2 Å². The number of rotatable bonds is 6. The molecule has 0 amide bonds. The molecule has 6 heterocycles. The van der Waals surface area contributed by atoms with Crippen molar-refractivity contribution in [1.82, 2.24) is 39.0 Å². The van der Waals surface area contributed by atoms with Gasteiger partial charge in [-0.15, -0.1) is 23.5 Å². The zero-order valence-corrected chi connectivity index (χ0v) is 31.9. The molecule has 0 saturated heterocycles. The van der Waals surface area contributed by atoms with Gasteiger partial charge in [0.2, 0.25) is 0 Å². The maximum absolute atomic E-state index is 13.0. The molecule has 0 N–H and O–H groups in total. The first-order valence-corrected chi connectivity index (χ1v) is 18.3. The molecule has 0 saturated carbocycles. The summed E-state index contributed by atoms with van der Waals surface area (Å²) in [6.07, 6.45) is -9.20. The number of thioether (sulfide) groups is 2. The fourth-order valence-electron chi connectivity index (χ4n) is 4.92. The van der Waals surface area contributed by atoms with Crippen LogP contribution in [-0.4, -0.2) is 50.5 Å². The van der Waals surface area contributed by atoms with Gasteiger partial charge in [-0.3, -0.25) is 0 Å². The van der Waals surface area contributed by atoms with Gasteiger partial charge in [0.05, 0.1) is 11.0 Å². The number of hydrogen-bond acceptors (Lipinski definition) is 9. The molecule has 0 atom stereocenters. The van der Waals surface area contributed by atoms with E-state index in [4.69, 9.17) is 23.2 Å². The van der Waals surface area contributed by atoms with Gasteiger partial charge in [0.1, 0.15) is 53.9 Å². The quantitative estimate of drug-likeness (QED) is 0.0698. The van der Waals surface area contributed by atoms with E-state index < -0.39 is 23.7 Å². The second-order valence-electron chi connectivity index (χ2n) is 10.3. The van der Waals surface area contributed by atoms with Crippen LogP contribution in [0.2, 0.25) is 10.3 Å². The second-order valence-corrected chi connectivity index (χ2v) is 14.7. The van der Waals surface area contributed by atoms with E-state index in [1.165, 1.54) is 16.3 Å². The van der Waals surface area contributed by atoms with E-state index in [9.17, 15) is 31.6 Å². The molecule has 0 spiro atoms. The third kappa shape index (κ3) is 8.16. The molecule has 51 heavy (non-hydrogen) atoms. The molecule has 6 aromatic rings. The number of alkyl halides is 6. The summed E-state index contributed by atoms with van der Waals surface area (Å²) in [6.45, 7) is 3.96. The molecule has 6 rings (SSSR count). The van der Waals surface area contributed by atoms with Crippen molar-refractivity contribution in [3.05, 3.63) is 67.5 Å². The maximum Gasteiger partial charge on any atom is 0.433 e. The van der Waals surface area contributed by atoms with Gasteiger partial charge >= 0.3 is 12.4 Å². The molecule has 6 aromatic heterocycles. The molecule has 9 nitrogen and oxygen atoms in total. The van der Waals surface area contributed by atoms with Crippen LogP contribution in [0, 0.1) is 15.0 Å². The van der Waals surface area contributed by atoms with Crippen LogP contribution >= 0.6 is 69.3 Å². The lowest BCUT2D eigenvalue weighted by Gasteiger charge is -2.09. The van der Waals surface area contributed by atoms with E-state index in [1.54, 1.807) is 77.3 Å². The standard InChI is InChI=1S/C16H11ClF3N5S.C15H11ClF3IN4S/c1-3-26-10-4-5-12(17)24-13(10)15-23-8-6-11(16(18,19)20)22-9(7-21)14(8)25(15)2;1-3-25-8-4-5-10(16)23-11(8)14-21-7-6-9(15(17,18)19)22-13(20)12(7)24(14)2/h4-6H,3H2,1-2H3;4-6H,3H2,1-2H3. The topological polar surface area (TPSA) is 111 Å². The van der Waals surface area contributed by atoms with E-state index in [1.807, 2.05) is 19.9 Å². The zero-order valence-electron chi connectivity index (χ0n) is 26.6. The minimum Gasteiger partial charge on any atom is -0.324 e. The Kier molecular flexibility index (Phi) is 11.7. The molecule has 0 fully saturated rings. The Morgan fingerprint density at radius 2 is 1.14 bits per heavy atom. The first kappa shape index (κ1) is 38.8. The summed E-state index contributed by atoms with van der Waals surface area (Å²) in [4.78, 5) is 26.0. The van der Waals surface area contributed by atoms with Gasteiger partial charge < -0.3 is 9.13 Å². The summed E-state index contributed by atoms with van der Waals surface area (Å²) in [6, 6.07) is 10.4. The fourth-order valence-corrected chi connectivity index (χ4v) is 7.61. The monoisotopic (exact) mass is 895 g/mol. The molecule has 0 unspecified atom stereocenters. The molecule has 0 aliphatic rings. The Labute approximate surface area is 318 Å². The van der Waals surface area contributed by atoms with Crippen LogP contribution in [0.3, 0.4) is 0 Å². The minimum atomic E-state index is -4.67. The van der Waals surface area contributed by atoms with Crippen molar-refractivity contribution in [2.24, 2.45) is 14.1 Å². The Morgan fingerprint density at radius 1 is 0.706 bits per heavy atom. The Balaban J connectivity index is 0.000000198. The lowest BCUT2D eigenvalue weighted by atomic mass is 10.2. The van der Waals surface area contributed by atoms with Crippen LogP contribution in [0.1, 0.15) is 30.9 Å². The predicted octanol–water partition coefficient (Wildman–Crippen LogP) is 10.1. The van der Waals surface area contributed by atoms with Crippen LogP contribution in [0.4, 0.5) is 26.3 Å². The minimum absolute atomic E-state index is 0.0237. The SMILES string of the molecule is CCSc1ccc(Cl)nc1-c1nc2cc(C(F)(F)F)nc(C#N)c2n1C.CCSc1ccc(Cl)nc1-c1nc2cc(C(F)(F)F)nc(I)c2n1C. The first-order chi connectivity index (χ1) is 24.0. The highest BCUT2D eigenvalue weighted by molar-refractivity contribution is 14.1. The average Bonchev–Trinajstić information content (AvgIpc) is 3.58. The molecule has 0 aromatic carbocycles. The number of aryl methyl sites for hydroxylation is 2. The lowest BCUT2D eigenvalue weighted by molar-refractivity contribution is -0.141. The van der Waals surface area contributed by atoms with Crippen LogP contribution in [0.25, 0.3) is 45.1 Å². The number of nitrogens with zero attached hydrogens (tertiary/aromatic N) is 9. The molecule has 0 radical (unpaired) electrons. The molecule has 20 heteroatoms. The van der Waals surface area contributed by atoms with Gasteiger partial charge in [0.15, 0.2) is 17.3 Å². The summed E-state index contributed by atoms with van der Waals surface area (Å²) in [7, 11) is 3.33. The summed E-state index contributed by atoms with van der Waals surface area (Å²) in [5.74, 6) is 2.35. The van der Waals surface area contributed by atoms with Crippen molar-refractivity contribution in [2.75, 3.05) is 11.5 Å². The number of imidazole rings is 2. The van der Waals surface area contributed by atoms with Crippen LogP contribution in [-0.2, 0) is 26.4 Å². The van der Waals surface area contributed by atoms with Crippen molar-refractivity contribution < 1.29 is 26.3 Å². The van der Waals surface area contributed by atoms with E-state index in [0.29, 0.717) is 33.7 Å². The van der Waals surface area contributed by atoms with Gasteiger partial charge in [0, 0.05) is 23.9 Å². The number of pyridine rings is 4. The van der Waals surface area contributed by atoms with Crippen molar-refractivity contribution in [1.29, 1.82) is 5.26 Å². The smallest absolute Gasteiger partial charge is 0.324 e. The van der Waals surface area contributed by atoms with Gasteiger partial charge in [0.25, 0.3) is 0 Å². The predicted molar refractivity (Wildman–Crippen MR) is 194 cm³/mol. The van der Waals surface area contributed by atoms with E-state index in [2.05, 4.69) is 29.9 Å². The number of fused-ring (bicyclic) bond motifs is 2. The molecular formula is C31H22Cl2F6IN9S2. The third-order valence-electron chi connectivity index (χ3n) is 7.02. The summed E-state index contributed by atoms with van der Waals surface area (Å²) in [5, 5.41) is 9.79. The fraction of sp³-hybridized carbons (Fsp3) is 0.258. The van der Waals surface area contributed by atoms with Crippen molar-refractivity contribution in [2.45, 2.75) is 36.0 Å². The van der Waals surface area contributed by atoms with Gasteiger partial charge in [-0.25, -0.2) is 29.9 Å². The van der Waals surface area contributed by atoms with Gasteiger partial charge in [-0.1, -0.05) is 37.0 Å². The van der Waals surface area contributed by atoms with E-state index in [0.717, 1.165) is 33.4 Å². The third-order valence-corrected chi connectivity index (χ3v) is 10.1. The van der Waals surface area contributed by atoms with Crippen molar-refractivity contribution >= 4 is 91.4 Å². The summed E-state index contributed by atoms with van der Waals surface area (Å²) < 4.78 is 81.6. The zero-order chi connectivity index (χ0) is 37.4. The number of halogens is 9. The second kappa shape index (κ2) is 15.3. The number of aromatic nitrogens is 8. The normalized spacial score (nSPS) is 11.9.